The molecule has 0 radical (unpaired) electrons. The summed E-state index contributed by atoms with van der Waals surface area (Å²) in [7, 11) is 0. The summed E-state index contributed by atoms with van der Waals surface area (Å²) in [6, 6.07) is 22.3. The Labute approximate surface area is 189 Å². The van der Waals surface area contributed by atoms with E-state index in [1.54, 1.807) is 36.4 Å². The second kappa shape index (κ2) is 12.2. The van der Waals surface area contributed by atoms with Gasteiger partial charge in [0.05, 0.1) is 18.9 Å². The van der Waals surface area contributed by atoms with E-state index in [2.05, 4.69) is 0 Å². The number of ketones is 1. The van der Waals surface area contributed by atoms with E-state index in [1.807, 2.05) is 48.5 Å². The number of unbranched alkanes of at least 4 members (excludes halogenated alkanes) is 3. The molecule has 0 unspecified atom stereocenters. The van der Waals surface area contributed by atoms with E-state index < -0.39 is 0 Å². The molecule has 4 N–H and O–H groups in total. The molecule has 3 aromatic rings. The Hall–Kier alpha value is -3.73. The maximum atomic E-state index is 12.3. The third-order valence-electron chi connectivity index (χ3n) is 4.96. The van der Waals surface area contributed by atoms with E-state index >= 15 is 0 Å². The average molecular weight is 431 g/mol. The van der Waals surface area contributed by atoms with Gasteiger partial charge in [-0.1, -0.05) is 36.4 Å². The Kier molecular flexibility index (Phi) is 8.75. The summed E-state index contributed by atoms with van der Waals surface area (Å²) in [6.45, 7) is 1.27. The number of allylic oxidation sites excluding steroid dienone is 1. The molecule has 166 valence electrons. The first-order valence-electron chi connectivity index (χ1n) is 10.9. The summed E-state index contributed by atoms with van der Waals surface area (Å²) in [5.74, 6) is 1.43. The smallest absolute Gasteiger partial charge is 0.185 e. The van der Waals surface area contributed by atoms with Gasteiger partial charge in [-0.15, -0.1) is 0 Å². The van der Waals surface area contributed by atoms with Gasteiger partial charge in [-0.25, -0.2) is 0 Å². The quantitative estimate of drug-likeness (QED) is 0.165. The van der Waals surface area contributed by atoms with E-state index in [9.17, 15) is 4.79 Å². The summed E-state index contributed by atoms with van der Waals surface area (Å²) in [4.78, 5) is 12.3. The van der Waals surface area contributed by atoms with Crippen LogP contribution in [0.3, 0.4) is 0 Å². The van der Waals surface area contributed by atoms with E-state index in [0.29, 0.717) is 35.9 Å². The van der Waals surface area contributed by atoms with Gasteiger partial charge in [-0.2, -0.15) is 0 Å². The summed E-state index contributed by atoms with van der Waals surface area (Å²) in [5.41, 5.74) is 14.4. The number of nitrogens with two attached hydrogens (primary N) is 2. The van der Waals surface area contributed by atoms with Gasteiger partial charge in [0.25, 0.3) is 0 Å². The molecule has 0 spiro atoms. The SMILES string of the molecule is Nc1ccc(OCCCCCCOc2ccc(C(=O)C=Cc3ccccc3)cc2)c(N)c1. The fourth-order valence-electron chi connectivity index (χ4n) is 3.18. The molecule has 0 aliphatic heterocycles. The highest BCUT2D eigenvalue weighted by Gasteiger charge is 2.03. The lowest BCUT2D eigenvalue weighted by atomic mass is 10.1. The highest BCUT2D eigenvalue weighted by atomic mass is 16.5. The van der Waals surface area contributed by atoms with Crippen LogP contribution in [0, 0.1) is 0 Å². The number of anilines is 2. The normalized spacial score (nSPS) is 10.9. The van der Waals surface area contributed by atoms with Crippen LogP contribution in [0.5, 0.6) is 11.5 Å². The van der Waals surface area contributed by atoms with Crippen molar-refractivity contribution < 1.29 is 14.3 Å². The van der Waals surface area contributed by atoms with Crippen LogP contribution >= 0.6 is 0 Å². The highest BCUT2D eigenvalue weighted by molar-refractivity contribution is 6.06. The van der Waals surface area contributed by atoms with Crippen molar-refractivity contribution in [2.45, 2.75) is 25.7 Å². The van der Waals surface area contributed by atoms with Crippen molar-refractivity contribution in [1.29, 1.82) is 0 Å². The van der Waals surface area contributed by atoms with Crippen LogP contribution in [0.15, 0.2) is 78.9 Å². The molecular formula is C27H30N2O3. The summed E-state index contributed by atoms with van der Waals surface area (Å²) in [6.07, 6.45) is 7.45. The molecule has 0 amide bonds. The number of benzene rings is 3. The maximum Gasteiger partial charge on any atom is 0.185 e. The lowest BCUT2D eigenvalue weighted by molar-refractivity contribution is 0.104. The predicted octanol–water partition coefficient (Wildman–Crippen LogP) is 5.77. The molecule has 0 heterocycles. The molecule has 0 saturated heterocycles. The summed E-state index contributed by atoms with van der Waals surface area (Å²) < 4.78 is 11.5. The number of carbonyl (C=O) groups is 1. The first-order valence-corrected chi connectivity index (χ1v) is 10.9. The van der Waals surface area contributed by atoms with E-state index in [-0.39, 0.29) is 5.78 Å². The second-order valence-corrected chi connectivity index (χ2v) is 7.54. The molecule has 3 aromatic carbocycles. The zero-order valence-electron chi connectivity index (χ0n) is 18.2. The van der Waals surface area contributed by atoms with Gasteiger partial charge in [0.1, 0.15) is 11.5 Å². The first-order chi connectivity index (χ1) is 15.6. The Morgan fingerprint density at radius 1 is 0.781 bits per heavy atom. The van der Waals surface area contributed by atoms with E-state index in [4.69, 9.17) is 20.9 Å². The Balaban J connectivity index is 1.29. The predicted molar refractivity (Wildman–Crippen MR) is 131 cm³/mol. The van der Waals surface area contributed by atoms with Crippen LogP contribution in [0.1, 0.15) is 41.6 Å². The molecule has 5 nitrogen and oxygen atoms in total. The van der Waals surface area contributed by atoms with Crippen molar-refractivity contribution in [1.82, 2.24) is 0 Å². The van der Waals surface area contributed by atoms with Crippen LogP contribution < -0.4 is 20.9 Å². The number of ether oxygens (including phenoxy) is 2. The molecule has 0 bridgehead atoms. The number of hydrogen-bond donors (Lipinski definition) is 2. The zero-order valence-corrected chi connectivity index (χ0v) is 18.2. The van der Waals surface area contributed by atoms with Crippen LogP contribution in [0.25, 0.3) is 6.08 Å². The molecule has 0 aliphatic rings. The van der Waals surface area contributed by atoms with Crippen molar-refractivity contribution in [3.8, 4) is 11.5 Å². The Bertz CT molecular complexity index is 1010. The van der Waals surface area contributed by atoms with Gasteiger partial charge in [0.15, 0.2) is 5.78 Å². The largest absolute Gasteiger partial charge is 0.494 e. The minimum atomic E-state index is -0.0247. The van der Waals surface area contributed by atoms with Crippen molar-refractivity contribution in [2.24, 2.45) is 0 Å². The zero-order chi connectivity index (χ0) is 22.6. The minimum absolute atomic E-state index is 0.0247. The number of nitrogen functional groups attached to an aromatic ring is 2. The van der Waals surface area contributed by atoms with Gasteiger partial charge in [0, 0.05) is 11.3 Å². The molecule has 32 heavy (non-hydrogen) atoms. The third-order valence-corrected chi connectivity index (χ3v) is 4.96. The topological polar surface area (TPSA) is 87.6 Å². The molecule has 0 aromatic heterocycles. The van der Waals surface area contributed by atoms with Crippen molar-refractivity contribution in [3.05, 3.63) is 90.0 Å². The number of carbonyl (C=O) groups excluding carboxylic acids is 1. The van der Waals surface area contributed by atoms with Crippen LogP contribution in [0.2, 0.25) is 0 Å². The molecule has 3 rings (SSSR count). The van der Waals surface area contributed by atoms with Gasteiger partial charge >= 0.3 is 0 Å². The van der Waals surface area contributed by atoms with E-state index in [1.165, 1.54) is 0 Å². The number of rotatable bonds is 12. The standard InChI is InChI=1S/C27H30N2O3/c28-23-13-17-27(25(29)20-23)32-19-7-2-1-6-18-31-24-14-11-22(12-15-24)26(30)16-10-21-8-4-3-5-9-21/h3-5,8-17,20H,1-2,6-7,18-19,28-29H2. The van der Waals surface area contributed by atoms with Gasteiger partial charge in [-0.3, -0.25) is 4.79 Å². The number of hydrogen-bond acceptors (Lipinski definition) is 5. The molecule has 0 saturated carbocycles. The van der Waals surface area contributed by atoms with E-state index in [0.717, 1.165) is 37.0 Å². The third kappa shape index (κ3) is 7.51. The molecular weight excluding hydrogens is 400 g/mol. The Morgan fingerprint density at radius 3 is 2.16 bits per heavy atom. The van der Waals surface area contributed by atoms with Crippen molar-refractivity contribution in [3.63, 3.8) is 0 Å². The molecule has 0 aliphatic carbocycles. The summed E-state index contributed by atoms with van der Waals surface area (Å²) >= 11 is 0. The fourth-order valence-corrected chi connectivity index (χ4v) is 3.18. The van der Waals surface area contributed by atoms with Crippen molar-refractivity contribution in [2.75, 3.05) is 24.7 Å². The molecule has 0 atom stereocenters. The summed E-state index contributed by atoms with van der Waals surface area (Å²) in [5, 5.41) is 0. The maximum absolute atomic E-state index is 12.3. The minimum Gasteiger partial charge on any atom is -0.494 e. The monoisotopic (exact) mass is 430 g/mol. The molecule has 0 fully saturated rings. The molecule has 5 heteroatoms. The van der Waals surface area contributed by atoms with Gasteiger partial charge < -0.3 is 20.9 Å². The average Bonchev–Trinajstić information content (AvgIpc) is 2.81. The lowest BCUT2D eigenvalue weighted by Crippen LogP contribution is -2.02. The van der Waals surface area contributed by atoms with Crippen LogP contribution in [0.4, 0.5) is 11.4 Å². The lowest BCUT2D eigenvalue weighted by Gasteiger charge is -2.09. The van der Waals surface area contributed by atoms with Crippen LogP contribution in [-0.2, 0) is 0 Å². The van der Waals surface area contributed by atoms with Crippen molar-refractivity contribution >= 4 is 23.2 Å². The highest BCUT2D eigenvalue weighted by Crippen LogP contribution is 2.23. The first kappa shape index (κ1) is 22.9. The van der Waals surface area contributed by atoms with Gasteiger partial charge in [0.2, 0.25) is 0 Å². The van der Waals surface area contributed by atoms with Crippen LogP contribution in [-0.4, -0.2) is 19.0 Å². The fraction of sp³-hybridized carbons (Fsp3) is 0.222. The second-order valence-electron chi connectivity index (χ2n) is 7.54. The van der Waals surface area contributed by atoms with Gasteiger partial charge in [-0.05, 0) is 79.8 Å². The Morgan fingerprint density at radius 2 is 1.47 bits per heavy atom.